The first-order valence-corrected chi connectivity index (χ1v) is 6.27. The van der Waals surface area contributed by atoms with Crippen molar-refractivity contribution < 1.29 is 9.90 Å². The van der Waals surface area contributed by atoms with Crippen molar-refractivity contribution in [3.8, 4) is 5.82 Å². The van der Waals surface area contributed by atoms with Crippen LogP contribution in [0.3, 0.4) is 0 Å². The summed E-state index contributed by atoms with van der Waals surface area (Å²) in [6.45, 7) is 0. The molecule has 0 fully saturated rings. The summed E-state index contributed by atoms with van der Waals surface area (Å²) in [5.74, 6) is -0.866. The van der Waals surface area contributed by atoms with E-state index in [1.54, 1.807) is 12.1 Å². The molecule has 0 bridgehead atoms. The number of carboxylic acids is 1. The van der Waals surface area contributed by atoms with Gasteiger partial charge in [-0.2, -0.15) is 5.10 Å². The maximum absolute atomic E-state index is 11.2. The van der Waals surface area contributed by atoms with E-state index in [9.17, 15) is 4.79 Å². The lowest BCUT2D eigenvalue weighted by Gasteiger charge is -2.04. The summed E-state index contributed by atoms with van der Waals surface area (Å²) in [7, 11) is 0. The minimum atomic E-state index is -1.13. The average molecular weight is 381 g/mol. The lowest BCUT2D eigenvalue weighted by Crippen LogP contribution is -2.10. The molecule has 0 aromatic carbocycles. The fourth-order valence-electron chi connectivity index (χ4n) is 1.24. The van der Waals surface area contributed by atoms with Gasteiger partial charge in [0.05, 0.1) is 9.50 Å². The van der Waals surface area contributed by atoms with E-state index in [-0.39, 0.29) is 11.5 Å². The molecule has 2 heterocycles. The number of hydrogen-bond acceptors (Lipinski definition) is 3. The molecular weight excluding hydrogens is 377 g/mol. The first kappa shape index (κ1) is 12.5. The van der Waals surface area contributed by atoms with Gasteiger partial charge in [-0.05, 0) is 44.0 Å². The van der Waals surface area contributed by atoms with Gasteiger partial charge in [0, 0.05) is 6.20 Å². The van der Waals surface area contributed by atoms with Gasteiger partial charge in [0.2, 0.25) is 0 Å². The predicted molar refractivity (Wildman–Crippen MR) is 68.7 cm³/mol. The van der Waals surface area contributed by atoms with Crippen molar-refractivity contribution in [2.45, 2.75) is 0 Å². The Morgan fingerprint density at radius 3 is 2.76 bits per heavy atom. The monoisotopic (exact) mass is 379 g/mol. The Balaban J connectivity index is 2.72. The van der Waals surface area contributed by atoms with E-state index in [1.165, 1.54) is 10.9 Å². The van der Waals surface area contributed by atoms with Gasteiger partial charge in [-0.1, -0.05) is 11.6 Å². The fraction of sp³-hybridized carbons (Fsp3) is 0. The Kier molecular flexibility index (Phi) is 3.50. The van der Waals surface area contributed by atoms with Crippen LogP contribution in [0, 0.1) is 0 Å². The summed E-state index contributed by atoms with van der Waals surface area (Å²) in [6, 6.07) is 3.26. The van der Waals surface area contributed by atoms with E-state index >= 15 is 0 Å². The third-order valence-electron chi connectivity index (χ3n) is 1.93. The van der Waals surface area contributed by atoms with Gasteiger partial charge in [0.1, 0.15) is 4.60 Å². The Morgan fingerprint density at radius 2 is 2.18 bits per heavy atom. The van der Waals surface area contributed by atoms with Crippen molar-refractivity contribution in [2.75, 3.05) is 0 Å². The number of nitrogens with zero attached hydrogens (tertiary/aromatic N) is 3. The minimum absolute atomic E-state index is 0.0440. The summed E-state index contributed by atoms with van der Waals surface area (Å²) in [5.41, 5.74) is -0.0440. The second-order valence-corrected chi connectivity index (χ2v) is 4.93. The van der Waals surface area contributed by atoms with Gasteiger partial charge in [-0.15, -0.1) is 0 Å². The van der Waals surface area contributed by atoms with Gasteiger partial charge < -0.3 is 5.11 Å². The SMILES string of the molecule is O=C(O)c1c(Br)c(Br)nn1-c1ncccc1Cl. The zero-order valence-corrected chi connectivity index (χ0v) is 12.0. The molecule has 0 aliphatic carbocycles. The highest BCUT2D eigenvalue weighted by atomic mass is 79.9. The molecule has 0 aliphatic heterocycles. The molecule has 1 N–H and O–H groups in total. The van der Waals surface area contributed by atoms with Gasteiger partial charge >= 0.3 is 5.97 Å². The van der Waals surface area contributed by atoms with Crippen molar-refractivity contribution >= 4 is 49.4 Å². The van der Waals surface area contributed by atoms with Crippen LogP contribution >= 0.6 is 43.5 Å². The maximum atomic E-state index is 11.2. The molecule has 17 heavy (non-hydrogen) atoms. The molecule has 0 amide bonds. The van der Waals surface area contributed by atoms with Crippen LogP contribution in [-0.4, -0.2) is 25.8 Å². The molecule has 5 nitrogen and oxygen atoms in total. The van der Waals surface area contributed by atoms with Crippen LogP contribution in [0.15, 0.2) is 27.4 Å². The number of halogens is 3. The minimum Gasteiger partial charge on any atom is -0.476 e. The van der Waals surface area contributed by atoms with Crippen LogP contribution in [0.25, 0.3) is 5.82 Å². The largest absolute Gasteiger partial charge is 0.476 e. The zero-order chi connectivity index (χ0) is 12.6. The molecule has 0 atom stereocenters. The fourth-order valence-corrected chi connectivity index (χ4v) is 2.21. The first-order chi connectivity index (χ1) is 8.02. The molecule has 0 unspecified atom stereocenters. The normalized spacial score (nSPS) is 10.5. The molecule has 0 radical (unpaired) electrons. The average Bonchev–Trinajstić information content (AvgIpc) is 2.56. The lowest BCUT2D eigenvalue weighted by atomic mass is 10.4. The van der Waals surface area contributed by atoms with Gasteiger partial charge in [-0.3, -0.25) is 0 Å². The smallest absolute Gasteiger partial charge is 0.355 e. The number of aromatic nitrogens is 3. The first-order valence-electron chi connectivity index (χ1n) is 4.30. The van der Waals surface area contributed by atoms with Crippen LogP contribution in [0.1, 0.15) is 10.5 Å². The molecule has 0 aliphatic rings. The Morgan fingerprint density at radius 1 is 1.47 bits per heavy atom. The second kappa shape index (κ2) is 4.75. The van der Waals surface area contributed by atoms with E-state index < -0.39 is 5.97 Å². The highest BCUT2D eigenvalue weighted by Crippen LogP contribution is 2.29. The molecule has 0 saturated carbocycles. The van der Waals surface area contributed by atoms with Crippen molar-refractivity contribution in [1.29, 1.82) is 0 Å². The third kappa shape index (κ3) is 2.22. The second-order valence-electron chi connectivity index (χ2n) is 2.98. The summed E-state index contributed by atoms with van der Waals surface area (Å²) in [4.78, 5) is 15.2. The molecule has 2 rings (SSSR count). The van der Waals surface area contributed by atoms with Crippen molar-refractivity contribution in [2.24, 2.45) is 0 Å². The van der Waals surface area contributed by atoms with Crippen molar-refractivity contribution in [3.05, 3.63) is 38.1 Å². The van der Waals surface area contributed by atoms with Crippen LogP contribution < -0.4 is 0 Å². The van der Waals surface area contributed by atoms with E-state index in [2.05, 4.69) is 41.9 Å². The lowest BCUT2D eigenvalue weighted by molar-refractivity contribution is 0.0686. The van der Waals surface area contributed by atoms with Crippen LogP contribution in [0.4, 0.5) is 0 Å². The predicted octanol–water partition coefficient (Wildman–Crippen LogP) is 3.14. The third-order valence-corrected chi connectivity index (χ3v) is 4.06. The van der Waals surface area contributed by atoms with Crippen molar-refractivity contribution in [1.82, 2.24) is 14.8 Å². The number of carboxylic acid groups (broad SMARTS) is 1. The van der Waals surface area contributed by atoms with Gasteiger partial charge in [-0.25, -0.2) is 14.5 Å². The molecule has 2 aromatic rings. The quantitative estimate of drug-likeness (QED) is 0.868. The summed E-state index contributed by atoms with van der Waals surface area (Å²) >= 11 is 12.2. The Hall–Kier alpha value is -0.920. The van der Waals surface area contributed by atoms with Crippen LogP contribution in [0.2, 0.25) is 5.02 Å². The van der Waals surface area contributed by atoms with E-state index in [0.29, 0.717) is 14.1 Å². The summed E-state index contributed by atoms with van der Waals surface area (Å²) < 4.78 is 1.88. The highest BCUT2D eigenvalue weighted by Gasteiger charge is 2.23. The number of rotatable bonds is 2. The number of hydrogen-bond donors (Lipinski definition) is 1. The van der Waals surface area contributed by atoms with Crippen LogP contribution in [-0.2, 0) is 0 Å². The number of carbonyl (C=O) groups is 1. The van der Waals surface area contributed by atoms with Crippen LogP contribution in [0.5, 0.6) is 0 Å². The highest BCUT2D eigenvalue weighted by molar-refractivity contribution is 9.13. The maximum Gasteiger partial charge on any atom is 0.355 e. The number of aromatic carboxylic acids is 1. The molecule has 2 aromatic heterocycles. The molecule has 88 valence electrons. The van der Waals surface area contributed by atoms with Crippen molar-refractivity contribution in [3.63, 3.8) is 0 Å². The molecule has 8 heteroatoms. The molecule has 0 saturated heterocycles. The van der Waals surface area contributed by atoms with Gasteiger partial charge in [0.25, 0.3) is 0 Å². The topological polar surface area (TPSA) is 68.0 Å². The van der Waals surface area contributed by atoms with E-state index in [0.717, 1.165) is 0 Å². The molecule has 0 spiro atoms. The molecular formula is C9H4Br2ClN3O2. The van der Waals surface area contributed by atoms with E-state index in [1.807, 2.05) is 0 Å². The summed E-state index contributed by atoms with van der Waals surface area (Å²) in [6.07, 6.45) is 1.51. The van der Waals surface area contributed by atoms with Gasteiger partial charge in [0.15, 0.2) is 11.5 Å². The Labute approximate surface area is 118 Å². The summed E-state index contributed by atoms with van der Waals surface area (Å²) in [5, 5.41) is 13.5. The zero-order valence-electron chi connectivity index (χ0n) is 8.06. The standard InChI is InChI=1S/C9H4Br2ClN3O2/c10-5-6(9(16)17)15(14-7(5)11)8-4(12)2-1-3-13-8/h1-3H,(H,16,17). The Bertz CT molecular complexity index is 600. The number of pyridine rings is 1. The van der Waals surface area contributed by atoms with E-state index in [4.69, 9.17) is 16.7 Å².